The van der Waals surface area contributed by atoms with Crippen LogP contribution in [0.25, 0.3) is 10.9 Å². The summed E-state index contributed by atoms with van der Waals surface area (Å²) in [5, 5.41) is 11.6. The Hall–Kier alpha value is -2.90. The third kappa shape index (κ3) is 3.37. The number of aromatic nitrogens is 1. The first-order chi connectivity index (χ1) is 11.2. The van der Waals surface area contributed by atoms with Crippen LogP contribution in [-0.4, -0.2) is 33.8 Å². The number of nitrogens with zero attached hydrogens (tertiary/aromatic N) is 2. The third-order valence-corrected chi connectivity index (χ3v) is 3.09. The molecule has 2 rings (SSSR count). The van der Waals surface area contributed by atoms with Crippen LogP contribution >= 0.6 is 0 Å². The Kier molecular flexibility index (Phi) is 4.59. The summed E-state index contributed by atoms with van der Waals surface area (Å²) in [6.45, 7) is 6.83. The second-order valence-corrected chi connectivity index (χ2v) is 6.04. The van der Waals surface area contributed by atoms with E-state index in [4.69, 9.17) is 9.47 Å². The number of esters is 1. The van der Waals surface area contributed by atoms with E-state index in [1.807, 2.05) is 0 Å². The predicted molar refractivity (Wildman–Crippen MR) is 86.2 cm³/mol. The van der Waals surface area contributed by atoms with Crippen LogP contribution in [0.2, 0.25) is 0 Å². The molecular formula is C16H18N2O6. The molecule has 0 aliphatic rings. The number of carbonyl (C=O) groups excluding carboxylic acids is 2. The van der Waals surface area contributed by atoms with Gasteiger partial charge in [0.25, 0.3) is 5.69 Å². The van der Waals surface area contributed by atoms with Crippen molar-refractivity contribution in [3.8, 4) is 0 Å². The number of ether oxygens (including phenoxy) is 2. The van der Waals surface area contributed by atoms with Crippen molar-refractivity contribution in [2.24, 2.45) is 0 Å². The maximum absolute atomic E-state index is 12.4. The van der Waals surface area contributed by atoms with Gasteiger partial charge < -0.3 is 9.47 Å². The second-order valence-electron chi connectivity index (χ2n) is 6.04. The molecule has 0 radical (unpaired) electrons. The van der Waals surface area contributed by atoms with Gasteiger partial charge in [-0.15, -0.1) is 0 Å². The summed E-state index contributed by atoms with van der Waals surface area (Å²) in [7, 11) is 0. The number of benzene rings is 1. The van der Waals surface area contributed by atoms with Gasteiger partial charge in [-0.25, -0.2) is 14.2 Å². The number of para-hydroxylation sites is 1. The zero-order chi connectivity index (χ0) is 18.1. The minimum absolute atomic E-state index is 0.000182. The monoisotopic (exact) mass is 334 g/mol. The maximum atomic E-state index is 12.4. The number of rotatable bonds is 3. The van der Waals surface area contributed by atoms with E-state index in [0.29, 0.717) is 0 Å². The van der Waals surface area contributed by atoms with Crippen LogP contribution in [-0.2, 0) is 9.47 Å². The lowest BCUT2D eigenvalue weighted by molar-refractivity contribution is -0.383. The average molecular weight is 334 g/mol. The van der Waals surface area contributed by atoms with E-state index in [0.717, 1.165) is 4.57 Å². The molecule has 0 atom stereocenters. The largest absolute Gasteiger partial charge is 0.462 e. The van der Waals surface area contributed by atoms with Gasteiger partial charge in [-0.1, -0.05) is 12.1 Å². The Balaban J connectivity index is 2.71. The Morgan fingerprint density at radius 2 is 1.96 bits per heavy atom. The van der Waals surface area contributed by atoms with Gasteiger partial charge in [0.15, 0.2) is 0 Å². The van der Waals surface area contributed by atoms with Crippen molar-refractivity contribution >= 4 is 28.7 Å². The third-order valence-electron chi connectivity index (χ3n) is 3.09. The van der Waals surface area contributed by atoms with Crippen LogP contribution in [0.15, 0.2) is 24.4 Å². The minimum atomic E-state index is -0.808. The van der Waals surface area contributed by atoms with Gasteiger partial charge in [0, 0.05) is 17.6 Å². The van der Waals surface area contributed by atoms with Crippen LogP contribution in [0.4, 0.5) is 10.5 Å². The van der Waals surface area contributed by atoms with E-state index in [9.17, 15) is 19.7 Å². The van der Waals surface area contributed by atoms with Crippen LogP contribution in [0.3, 0.4) is 0 Å². The predicted octanol–water partition coefficient (Wildman–Crippen LogP) is 3.51. The van der Waals surface area contributed by atoms with E-state index in [1.165, 1.54) is 24.4 Å². The Labute approximate surface area is 138 Å². The first-order valence-corrected chi connectivity index (χ1v) is 7.34. The number of hydrogen-bond acceptors (Lipinski definition) is 6. The topological polar surface area (TPSA) is 101 Å². The zero-order valence-corrected chi connectivity index (χ0v) is 13.9. The number of nitro groups is 1. The molecule has 128 valence electrons. The molecule has 1 heterocycles. The molecule has 0 aliphatic carbocycles. The number of fused-ring (bicyclic) bond motifs is 1. The van der Waals surface area contributed by atoms with Crippen molar-refractivity contribution in [2.45, 2.75) is 33.3 Å². The quantitative estimate of drug-likeness (QED) is 0.483. The van der Waals surface area contributed by atoms with Crippen LogP contribution in [0.1, 0.15) is 38.1 Å². The fraction of sp³-hybridized carbons (Fsp3) is 0.375. The molecule has 0 saturated heterocycles. The van der Waals surface area contributed by atoms with Gasteiger partial charge in [-0.2, -0.15) is 0 Å². The van der Waals surface area contributed by atoms with Crippen molar-refractivity contribution in [1.29, 1.82) is 0 Å². The van der Waals surface area contributed by atoms with Crippen molar-refractivity contribution in [1.82, 2.24) is 4.57 Å². The second kappa shape index (κ2) is 6.31. The number of hydrogen-bond donors (Lipinski definition) is 0. The molecule has 0 saturated carbocycles. The van der Waals surface area contributed by atoms with Gasteiger partial charge in [-0.05, 0) is 27.7 Å². The fourth-order valence-corrected chi connectivity index (χ4v) is 2.24. The molecule has 0 spiro atoms. The Bertz CT molecular complexity index is 816. The normalized spacial score (nSPS) is 11.3. The molecule has 0 bridgehead atoms. The van der Waals surface area contributed by atoms with Crippen molar-refractivity contribution < 1.29 is 24.0 Å². The van der Waals surface area contributed by atoms with Gasteiger partial charge in [0.05, 0.1) is 17.1 Å². The van der Waals surface area contributed by atoms with E-state index in [1.54, 1.807) is 27.7 Å². The van der Waals surface area contributed by atoms with Crippen molar-refractivity contribution in [3.05, 3.63) is 40.1 Å². The molecule has 0 amide bonds. The molecule has 8 heteroatoms. The Morgan fingerprint density at radius 3 is 2.50 bits per heavy atom. The van der Waals surface area contributed by atoms with Crippen LogP contribution in [0.5, 0.6) is 0 Å². The molecule has 0 fully saturated rings. The van der Waals surface area contributed by atoms with Gasteiger partial charge in [0.1, 0.15) is 11.1 Å². The van der Waals surface area contributed by atoms with Crippen molar-refractivity contribution in [3.63, 3.8) is 0 Å². The highest BCUT2D eigenvalue weighted by Gasteiger charge is 2.28. The summed E-state index contributed by atoms with van der Waals surface area (Å²) in [4.78, 5) is 35.2. The summed E-state index contributed by atoms with van der Waals surface area (Å²) in [5.41, 5.74) is -1.02. The molecule has 8 nitrogen and oxygen atoms in total. The lowest BCUT2D eigenvalue weighted by Gasteiger charge is -2.19. The number of nitro benzene ring substituents is 1. The lowest BCUT2D eigenvalue weighted by Crippen LogP contribution is -2.26. The zero-order valence-electron chi connectivity index (χ0n) is 13.9. The lowest BCUT2D eigenvalue weighted by atomic mass is 10.1. The average Bonchev–Trinajstić information content (AvgIpc) is 2.85. The standard InChI is InChI=1S/C16H18N2O6/c1-5-23-14(19)11-9-17(15(20)24-16(2,3)4)13-10(11)7-6-8-12(13)18(21)22/h6-9H,5H2,1-4H3. The molecule has 2 aromatic rings. The summed E-state index contributed by atoms with van der Waals surface area (Å²) in [6.07, 6.45) is 0.404. The van der Waals surface area contributed by atoms with E-state index in [2.05, 4.69) is 0 Å². The fourth-order valence-electron chi connectivity index (χ4n) is 2.24. The molecule has 0 N–H and O–H groups in total. The summed E-state index contributed by atoms with van der Waals surface area (Å²) >= 11 is 0. The van der Waals surface area contributed by atoms with Crippen LogP contribution < -0.4 is 0 Å². The SMILES string of the molecule is CCOC(=O)c1cn(C(=O)OC(C)(C)C)c2c([N+](=O)[O-])cccc12. The van der Waals surface area contributed by atoms with E-state index in [-0.39, 0.29) is 28.8 Å². The molecule has 1 aromatic heterocycles. The minimum Gasteiger partial charge on any atom is -0.462 e. The van der Waals surface area contributed by atoms with Crippen LogP contribution in [0, 0.1) is 10.1 Å². The molecular weight excluding hydrogens is 316 g/mol. The molecule has 0 unspecified atom stereocenters. The highest BCUT2D eigenvalue weighted by molar-refractivity contribution is 6.09. The van der Waals surface area contributed by atoms with Gasteiger partial charge in [-0.3, -0.25) is 10.1 Å². The van der Waals surface area contributed by atoms with E-state index >= 15 is 0 Å². The van der Waals surface area contributed by atoms with Crippen molar-refractivity contribution in [2.75, 3.05) is 6.61 Å². The summed E-state index contributed by atoms with van der Waals surface area (Å²) < 4.78 is 11.2. The summed E-state index contributed by atoms with van der Waals surface area (Å²) in [5.74, 6) is -0.662. The number of carbonyl (C=O) groups is 2. The highest BCUT2D eigenvalue weighted by Crippen LogP contribution is 2.31. The van der Waals surface area contributed by atoms with Gasteiger partial charge >= 0.3 is 12.1 Å². The smallest absolute Gasteiger partial charge is 0.419 e. The molecule has 0 aliphatic heterocycles. The number of non-ortho nitro benzene ring substituents is 1. The first kappa shape index (κ1) is 17.5. The van der Waals surface area contributed by atoms with Gasteiger partial charge in [0.2, 0.25) is 0 Å². The Morgan fingerprint density at radius 1 is 1.29 bits per heavy atom. The first-order valence-electron chi connectivity index (χ1n) is 7.34. The molecule has 24 heavy (non-hydrogen) atoms. The molecule has 1 aromatic carbocycles. The highest BCUT2D eigenvalue weighted by atomic mass is 16.6. The van der Waals surface area contributed by atoms with E-state index < -0.39 is 22.6 Å². The maximum Gasteiger partial charge on any atom is 0.419 e. The summed E-state index contributed by atoms with van der Waals surface area (Å²) in [6, 6.07) is 4.23.